The maximum absolute atomic E-state index is 10.7. The molecule has 66 valence electrons. The predicted octanol–water partition coefficient (Wildman–Crippen LogP) is -1.20. The highest BCUT2D eigenvalue weighted by atomic mass is 32.2. The third-order valence-corrected chi connectivity index (χ3v) is 1.51. The van der Waals surface area contributed by atoms with Crippen LogP contribution in [0.4, 0.5) is 0 Å². The van der Waals surface area contributed by atoms with Crippen LogP contribution in [0.1, 0.15) is 12.8 Å². The smallest absolute Gasteiger partial charge is 0.233 e. The van der Waals surface area contributed by atoms with Gasteiger partial charge in [-0.3, -0.25) is 9.52 Å². The van der Waals surface area contributed by atoms with Gasteiger partial charge in [-0.25, -0.2) is 8.42 Å². The van der Waals surface area contributed by atoms with Crippen molar-refractivity contribution in [3.05, 3.63) is 0 Å². The molecule has 11 heavy (non-hydrogen) atoms. The first kappa shape index (κ1) is 10.4. The molecule has 0 heterocycles. The predicted molar refractivity (Wildman–Crippen MR) is 41.3 cm³/mol. The summed E-state index contributed by atoms with van der Waals surface area (Å²) in [6.07, 6.45) is 1.60. The summed E-state index contributed by atoms with van der Waals surface area (Å²) in [5, 5.41) is 0. The van der Waals surface area contributed by atoms with E-state index in [1.807, 2.05) is 4.72 Å². The molecule has 1 amide bonds. The first-order valence-electron chi connectivity index (χ1n) is 3.16. The first-order chi connectivity index (χ1) is 4.95. The fourth-order valence-corrected chi connectivity index (χ4v) is 1.04. The maximum atomic E-state index is 10.7. The number of sulfonamides is 1. The van der Waals surface area contributed by atoms with Gasteiger partial charge in [-0.05, 0) is 13.0 Å². The average molecular weight is 180 g/mol. The SMILES string of the molecule is CS(=O)(=O)NC(=O)CCCN. The summed E-state index contributed by atoms with van der Waals surface area (Å²) in [7, 11) is -3.39. The Balaban J connectivity index is 3.71. The van der Waals surface area contributed by atoms with Gasteiger partial charge in [0.1, 0.15) is 0 Å². The van der Waals surface area contributed by atoms with Crippen LogP contribution in [0.5, 0.6) is 0 Å². The van der Waals surface area contributed by atoms with Crippen LogP contribution >= 0.6 is 0 Å². The fourth-order valence-electron chi connectivity index (χ4n) is 0.520. The van der Waals surface area contributed by atoms with E-state index in [1.54, 1.807) is 0 Å². The van der Waals surface area contributed by atoms with Crippen LogP contribution in [0.2, 0.25) is 0 Å². The van der Waals surface area contributed by atoms with Gasteiger partial charge in [0, 0.05) is 6.42 Å². The standard InChI is InChI=1S/C5H12N2O3S/c1-11(9,10)7-5(8)3-2-4-6/h2-4,6H2,1H3,(H,7,8). The second-order valence-electron chi connectivity index (χ2n) is 2.19. The van der Waals surface area contributed by atoms with Crippen LogP contribution in [0.3, 0.4) is 0 Å². The van der Waals surface area contributed by atoms with Crippen LogP contribution < -0.4 is 10.5 Å². The quantitative estimate of drug-likeness (QED) is 0.568. The van der Waals surface area contributed by atoms with Crippen molar-refractivity contribution in [1.82, 2.24) is 4.72 Å². The molecule has 0 aliphatic heterocycles. The second-order valence-corrected chi connectivity index (χ2v) is 3.94. The molecule has 0 bridgehead atoms. The molecule has 0 radical (unpaired) electrons. The third-order valence-electron chi connectivity index (χ3n) is 0.907. The number of rotatable bonds is 4. The van der Waals surface area contributed by atoms with Gasteiger partial charge in [-0.1, -0.05) is 0 Å². The Hall–Kier alpha value is -0.620. The van der Waals surface area contributed by atoms with Crippen LogP contribution in [-0.2, 0) is 14.8 Å². The summed E-state index contributed by atoms with van der Waals surface area (Å²) < 4.78 is 22.7. The number of nitrogens with one attached hydrogen (secondary N) is 1. The molecule has 0 unspecified atom stereocenters. The van der Waals surface area contributed by atoms with Gasteiger partial charge in [0.05, 0.1) is 6.26 Å². The zero-order chi connectivity index (χ0) is 8.91. The highest BCUT2D eigenvalue weighted by molar-refractivity contribution is 7.89. The Morgan fingerprint density at radius 1 is 1.55 bits per heavy atom. The zero-order valence-electron chi connectivity index (χ0n) is 6.33. The largest absolute Gasteiger partial charge is 0.330 e. The molecule has 0 aromatic heterocycles. The van der Waals surface area contributed by atoms with Crippen molar-refractivity contribution >= 4 is 15.9 Å². The number of carbonyl (C=O) groups excluding carboxylic acids is 1. The van der Waals surface area contributed by atoms with E-state index in [0.717, 1.165) is 6.26 Å². The highest BCUT2D eigenvalue weighted by Gasteiger charge is 2.06. The molecular formula is C5H12N2O3S. The molecule has 3 N–H and O–H groups in total. The van der Waals surface area contributed by atoms with Gasteiger partial charge in [0.15, 0.2) is 0 Å². The van der Waals surface area contributed by atoms with Gasteiger partial charge < -0.3 is 5.73 Å². The molecule has 0 spiro atoms. The number of nitrogens with two attached hydrogens (primary N) is 1. The number of hydrogen-bond donors (Lipinski definition) is 2. The van der Waals surface area contributed by atoms with E-state index in [0.29, 0.717) is 13.0 Å². The minimum absolute atomic E-state index is 0.156. The van der Waals surface area contributed by atoms with Crippen molar-refractivity contribution in [2.75, 3.05) is 12.8 Å². The molecule has 0 saturated heterocycles. The minimum atomic E-state index is -3.39. The van der Waals surface area contributed by atoms with E-state index in [1.165, 1.54) is 0 Å². The lowest BCUT2D eigenvalue weighted by Gasteiger charge is -1.99. The van der Waals surface area contributed by atoms with Crippen LogP contribution in [0, 0.1) is 0 Å². The van der Waals surface area contributed by atoms with Gasteiger partial charge in [0.25, 0.3) is 0 Å². The molecule has 0 saturated carbocycles. The molecule has 0 atom stereocenters. The van der Waals surface area contributed by atoms with Crippen molar-refractivity contribution in [1.29, 1.82) is 0 Å². The summed E-state index contributed by atoms with van der Waals surface area (Å²) >= 11 is 0. The molecule has 0 rings (SSSR count). The summed E-state index contributed by atoms with van der Waals surface area (Å²) in [4.78, 5) is 10.7. The van der Waals surface area contributed by atoms with Crippen molar-refractivity contribution in [3.8, 4) is 0 Å². The van der Waals surface area contributed by atoms with E-state index >= 15 is 0 Å². The van der Waals surface area contributed by atoms with E-state index in [9.17, 15) is 13.2 Å². The van der Waals surface area contributed by atoms with Crippen molar-refractivity contribution in [2.24, 2.45) is 5.73 Å². The van der Waals surface area contributed by atoms with E-state index < -0.39 is 15.9 Å². The van der Waals surface area contributed by atoms with E-state index in [4.69, 9.17) is 5.73 Å². The second kappa shape index (κ2) is 4.30. The van der Waals surface area contributed by atoms with Gasteiger partial charge in [-0.2, -0.15) is 0 Å². The van der Waals surface area contributed by atoms with Crippen molar-refractivity contribution in [3.63, 3.8) is 0 Å². The summed E-state index contributed by atoms with van der Waals surface area (Å²) in [5.41, 5.74) is 5.11. The summed E-state index contributed by atoms with van der Waals surface area (Å²) in [6, 6.07) is 0. The Labute approximate surface area is 66.0 Å². The number of carbonyl (C=O) groups is 1. The van der Waals surface area contributed by atoms with Gasteiger partial charge in [0.2, 0.25) is 15.9 Å². The molecule has 0 aromatic rings. The molecule has 0 aromatic carbocycles. The fraction of sp³-hybridized carbons (Fsp3) is 0.800. The Morgan fingerprint density at radius 2 is 2.09 bits per heavy atom. The Bertz CT molecular complexity index is 222. The van der Waals surface area contributed by atoms with Crippen molar-refractivity contribution < 1.29 is 13.2 Å². The lowest BCUT2D eigenvalue weighted by molar-refractivity contribution is -0.119. The van der Waals surface area contributed by atoms with Crippen LogP contribution in [-0.4, -0.2) is 27.1 Å². The summed E-state index contributed by atoms with van der Waals surface area (Å²) in [5.74, 6) is -0.502. The van der Waals surface area contributed by atoms with E-state index in [2.05, 4.69) is 0 Å². The van der Waals surface area contributed by atoms with Gasteiger partial charge >= 0.3 is 0 Å². The van der Waals surface area contributed by atoms with E-state index in [-0.39, 0.29) is 6.42 Å². The third kappa shape index (κ3) is 7.27. The Morgan fingerprint density at radius 3 is 2.45 bits per heavy atom. The molecule has 0 fully saturated rings. The molecule has 6 heteroatoms. The van der Waals surface area contributed by atoms with Crippen LogP contribution in [0.15, 0.2) is 0 Å². The highest BCUT2D eigenvalue weighted by Crippen LogP contribution is 1.86. The van der Waals surface area contributed by atoms with Gasteiger partial charge in [-0.15, -0.1) is 0 Å². The minimum Gasteiger partial charge on any atom is -0.330 e. The first-order valence-corrected chi connectivity index (χ1v) is 5.05. The van der Waals surface area contributed by atoms with Crippen LogP contribution in [0.25, 0.3) is 0 Å². The molecular weight excluding hydrogens is 168 g/mol. The zero-order valence-corrected chi connectivity index (χ0v) is 7.15. The number of amides is 1. The normalized spacial score (nSPS) is 11.1. The average Bonchev–Trinajstić information content (AvgIpc) is 1.79. The maximum Gasteiger partial charge on any atom is 0.233 e. The van der Waals surface area contributed by atoms with Crippen molar-refractivity contribution in [2.45, 2.75) is 12.8 Å². The molecule has 5 nitrogen and oxygen atoms in total. The topological polar surface area (TPSA) is 89.3 Å². The summed E-state index contributed by atoms with van der Waals surface area (Å²) in [6.45, 7) is 0.386. The Kier molecular flexibility index (Phi) is 4.06. The molecule has 0 aliphatic carbocycles. The number of hydrogen-bond acceptors (Lipinski definition) is 4. The molecule has 0 aliphatic rings. The monoisotopic (exact) mass is 180 g/mol. The lowest BCUT2D eigenvalue weighted by Crippen LogP contribution is -2.29. The lowest BCUT2D eigenvalue weighted by atomic mass is 10.3.